The minimum Gasteiger partial charge on any atom is -0.459 e. The van der Waals surface area contributed by atoms with Crippen LogP contribution in [0.1, 0.15) is 44.7 Å². The molecule has 1 aliphatic heterocycles. The fourth-order valence-corrected chi connectivity index (χ4v) is 4.78. The summed E-state index contributed by atoms with van der Waals surface area (Å²) >= 11 is 12.6. The summed E-state index contributed by atoms with van der Waals surface area (Å²) in [7, 11) is 0. The number of nitrogens with one attached hydrogen (secondary N) is 3. The fourth-order valence-electron chi connectivity index (χ4n) is 4.25. The lowest BCUT2D eigenvalue weighted by molar-refractivity contribution is -0.158. The van der Waals surface area contributed by atoms with Gasteiger partial charge in [-0.15, -0.1) is 0 Å². The van der Waals surface area contributed by atoms with Crippen molar-refractivity contribution in [1.82, 2.24) is 20.6 Å². The predicted molar refractivity (Wildman–Crippen MR) is 153 cm³/mol. The Kier molecular flexibility index (Phi) is 9.10. The Morgan fingerprint density at radius 1 is 1.13 bits per heavy atom. The second kappa shape index (κ2) is 12.3. The van der Waals surface area contributed by atoms with Crippen molar-refractivity contribution in [3.8, 4) is 11.3 Å². The van der Waals surface area contributed by atoms with E-state index < -0.39 is 5.60 Å². The number of piperidine rings is 1. The maximum absolute atomic E-state index is 12.4. The van der Waals surface area contributed by atoms with Crippen molar-refractivity contribution in [2.75, 3.05) is 17.6 Å². The average Bonchev–Trinajstić information content (AvgIpc) is 2.88. The van der Waals surface area contributed by atoms with Gasteiger partial charge in [0.15, 0.2) is 11.6 Å². The molecular formula is C28H34Cl2N6O2. The molecule has 0 spiro atoms. The third-order valence-electron chi connectivity index (χ3n) is 6.23. The molecule has 0 amide bonds. The van der Waals surface area contributed by atoms with Crippen LogP contribution in [0, 0.1) is 0 Å². The van der Waals surface area contributed by atoms with Crippen molar-refractivity contribution in [2.24, 2.45) is 0 Å². The number of aromatic nitrogens is 2. The van der Waals surface area contributed by atoms with Crippen LogP contribution in [-0.4, -0.2) is 40.2 Å². The molecule has 2 heterocycles. The number of hydrogen-bond acceptors (Lipinski definition) is 8. The van der Waals surface area contributed by atoms with Gasteiger partial charge in [0, 0.05) is 40.3 Å². The number of carbonyl (C=O) groups is 1. The van der Waals surface area contributed by atoms with E-state index in [2.05, 4.69) is 38.1 Å². The number of rotatable bonds is 8. The Balaban J connectivity index is 1.35. The van der Waals surface area contributed by atoms with Crippen LogP contribution in [-0.2, 0) is 22.6 Å². The maximum Gasteiger partial charge on any atom is 0.323 e. The zero-order valence-electron chi connectivity index (χ0n) is 21.9. The molecular weight excluding hydrogens is 523 g/mol. The van der Waals surface area contributed by atoms with Gasteiger partial charge >= 0.3 is 5.97 Å². The number of esters is 1. The summed E-state index contributed by atoms with van der Waals surface area (Å²) < 4.78 is 5.54. The summed E-state index contributed by atoms with van der Waals surface area (Å²) in [5, 5.41) is 11.2. The van der Waals surface area contributed by atoms with E-state index >= 15 is 0 Å². The van der Waals surface area contributed by atoms with Crippen LogP contribution in [0.25, 0.3) is 11.3 Å². The van der Waals surface area contributed by atoms with Crippen molar-refractivity contribution in [3.05, 3.63) is 69.8 Å². The molecule has 4 rings (SSSR count). The number of hydrogen-bond donors (Lipinski definition) is 4. The Bertz CT molecular complexity index is 1240. The smallest absolute Gasteiger partial charge is 0.323 e. The molecule has 1 saturated heterocycles. The molecule has 10 heteroatoms. The number of anilines is 2. The number of nitrogen functional groups attached to an aromatic ring is 1. The number of nitrogens with two attached hydrogens (primary N) is 1. The number of halogens is 2. The molecule has 2 unspecified atom stereocenters. The molecule has 3 aromatic rings. The monoisotopic (exact) mass is 556 g/mol. The van der Waals surface area contributed by atoms with Crippen LogP contribution in [0.2, 0.25) is 10.0 Å². The normalized spacial score (nSPS) is 17.7. The van der Waals surface area contributed by atoms with Gasteiger partial charge in [0.1, 0.15) is 11.6 Å². The van der Waals surface area contributed by atoms with Gasteiger partial charge in [0.2, 0.25) is 0 Å². The molecule has 2 atom stereocenters. The second-order valence-electron chi connectivity index (χ2n) is 10.4. The van der Waals surface area contributed by atoms with E-state index in [-0.39, 0.29) is 18.1 Å². The zero-order valence-corrected chi connectivity index (χ0v) is 23.4. The highest BCUT2D eigenvalue weighted by atomic mass is 35.5. The third-order valence-corrected chi connectivity index (χ3v) is 6.94. The molecule has 5 N–H and O–H groups in total. The molecule has 38 heavy (non-hydrogen) atoms. The summed E-state index contributed by atoms with van der Waals surface area (Å²) in [6.07, 6.45) is 3.30. The van der Waals surface area contributed by atoms with Crippen LogP contribution in [0.3, 0.4) is 0 Å². The first-order valence-electron chi connectivity index (χ1n) is 12.7. The van der Waals surface area contributed by atoms with Crippen LogP contribution in [0.4, 0.5) is 11.6 Å². The summed E-state index contributed by atoms with van der Waals surface area (Å²) in [5.74, 6) is 0.570. The highest BCUT2D eigenvalue weighted by molar-refractivity contribution is 6.36. The van der Waals surface area contributed by atoms with Crippen molar-refractivity contribution in [3.63, 3.8) is 0 Å². The van der Waals surface area contributed by atoms with E-state index in [4.69, 9.17) is 33.7 Å². The molecule has 0 saturated carbocycles. The summed E-state index contributed by atoms with van der Waals surface area (Å²) in [6, 6.07) is 13.5. The molecule has 0 radical (unpaired) electrons. The molecule has 0 bridgehead atoms. The van der Waals surface area contributed by atoms with Crippen molar-refractivity contribution in [1.29, 1.82) is 0 Å². The van der Waals surface area contributed by atoms with Crippen LogP contribution in [0.5, 0.6) is 0 Å². The minimum atomic E-state index is -0.490. The quantitative estimate of drug-likeness (QED) is 0.280. The first-order chi connectivity index (χ1) is 18.1. The lowest BCUT2D eigenvalue weighted by Crippen LogP contribution is -2.51. The van der Waals surface area contributed by atoms with Gasteiger partial charge in [0.05, 0.1) is 11.9 Å². The molecule has 0 aliphatic carbocycles. The van der Waals surface area contributed by atoms with Gasteiger partial charge in [-0.2, -0.15) is 0 Å². The first kappa shape index (κ1) is 28.1. The first-order valence-corrected chi connectivity index (χ1v) is 13.4. The Morgan fingerprint density at radius 2 is 1.84 bits per heavy atom. The number of ether oxygens (including phenoxy) is 1. The zero-order chi connectivity index (χ0) is 27.3. The Morgan fingerprint density at radius 3 is 2.53 bits per heavy atom. The van der Waals surface area contributed by atoms with Gasteiger partial charge in [-0.05, 0) is 57.9 Å². The van der Waals surface area contributed by atoms with Gasteiger partial charge in [-0.1, -0.05) is 53.5 Å². The van der Waals surface area contributed by atoms with Crippen LogP contribution >= 0.6 is 23.2 Å². The molecule has 1 fully saturated rings. The largest absolute Gasteiger partial charge is 0.459 e. The third kappa shape index (κ3) is 7.57. The van der Waals surface area contributed by atoms with E-state index in [0.717, 1.165) is 29.7 Å². The second-order valence-corrected chi connectivity index (χ2v) is 11.2. The Labute approximate surface area is 233 Å². The average molecular weight is 558 g/mol. The number of nitrogens with zero attached hydrogens (tertiary/aromatic N) is 2. The van der Waals surface area contributed by atoms with Crippen molar-refractivity contribution < 1.29 is 9.53 Å². The summed E-state index contributed by atoms with van der Waals surface area (Å²) in [5.41, 5.74) is 9.09. The molecule has 202 valence electrons. The van der Waals surface area contributed by atoms with Crippen molar-refractivity contribution in [2.45, 2.75) is 64.4 Å². The van der Waals surface area contributed by atoms with E-state index in [1.807, 2.05) is 32.9 Å². The van der Waals surface area contributed by atoms with Gasteiger partial charge < -0.3 is 26.4 Å². The predicted octanol–water partition coefficient (Wildman–Crippen LogP) is 5.20. The highest BCUT2D eigenvalue weighted by Crippen LogP contribution is 2.27. The Hall–Kier alpha value is -2.91. The van der Waals surface area contributed by atoms with E-state index in [0.29, 0.717) is 46.9 Å². The van der Waals surface area contributed by atoms with E-state index in [1.165, 1.54) is 0 Å². The van der Waals surface area contributed by atoms with E-state index in [9.17, 15) is 4.79 Å². The van der Waals surface area contributed by atoms with Gasteiger partial charge in [0.25, 0.3) is 0 Å². The molecule has 1 aromatic heterocycles. The minimum absolute atomic E-state index is 0.193. The number of carbonyl (C=O) groups excluding carboxylic acids is 1. The highest BCUT2D eigenvalue weighted by Gasteiger charge is 2.30. The summed E-state index contributed by atoms with van der Waals surface area (Å²) in [4.78, 5) is 21.4. The van der Waals surface area contributed by atoms with E-state index in [1.54, 1.807) is 24.4 Å². The molecule has 8 nitrogen and oxygen atoms in total. The maximum atomic E-state index is 12.4. The lowest BCUT2D eigenvalue weighted by atomic mass is 9.98. The van der Waals surface area contributed by atoms with Gasteiger partial charge in [-0.3, -0.25) is 4.79 Å². The summed E-state index contributed by atoms with van der Waals surface area (Å²) in [6.45, 7) is 7.50. The van der Waals surface area contributed by atoms with Crippen molar-refractivity contribution >= 4 is 40.8 Å². The molecule has 2 aromatic carbocycles. The van der Waals surface area contributed by atoms with Crippen LogP contribution < -0.4 is 21.7 Å². The number of benzene rings is 2. The standard InChI is InChI=1S/C28H34Cl2N6O2/c1-28(2,3)38-27(37)23-13-19(11-12-32-23)33-14-17-7-9-18(10-8-17)24-16-34-25(31)26(36-24)35-15-20-21(29)5-4-6-22(20)30/h4-10,16,19,23,32-33H,11-15H2,1-3H3,(H2,31,34)(H,35,36). The van der Waals surface area contributed by atoms with Gasteiger partial charge in [-0.25, -0.2) is 9.97 Å². The fraction of sp³-hybridized carbons (Fsp3) is 0.393. The topological polar surface area (TPSA) is 114 Å². The lowest BCUT2D eigenvalue weighted by Gasteiger charge is -2.31. The SMILES string of the molecule is CC(C)(C)OC(=O)C1CC(NCc2ccc(-c3cnc(N)c(NCc4c(Cl)cccc4Cl)n3)cc2)CCN1. The van der Waals surface area contributed by atoms with Crippen LogP contribution in [0.15, 0.2) is 48.7 Å². The molecule has 1 aliphatic rings.